The zero-order valence-electron chi connectivity index (χ0n) is 22.2. The first kappa shape index (κ1) is 28.3. The molecule has 3 aromatic carbocycles. The number of ether oxygens (including phenoxy) is 3. The van der Waals surface area contributed by atoms with Gasteiger partial charge in [-0.1, -0.05) is 124 Å². The lowest BCUT2D eigenvalue weighted by Crippen LogP contribution is -2.50. The second kappa shape index (κ2) is 16.5. The molecule has 0 N–H and O–H groups in total. The predicted molar refractivity (Wildman–Crippen MR) is 154 cm³/mol. The van der Waals surface area contributed by atoms with E-state index in [-0.39, 0.29) is 6.10 Å². The summed E-state index contributed by atoms with van der Waals surface area (Å²) >= 11 is 0. The van der Waals surface area contributed by atoms with Gasteiger partial charge in [0.1, 0.15) is 6.10 Å². The van der Waals surface area contributed by atoms with Gasteiger partial charge in [0.25, 0.3) is 0 Å². The highest BCUT2D eigenvalue weighted by Crippen LogP contribution is 2.24. The molecule has 0 saturated heterocycles. The molecule has 0 spiro atoms. The summed E-state index contributed by atoms with van der Waals surface area (Å²) in [5.41, 5.74) is 3.22. The van der Waals surface area contributed by atoms with E-state index in [4.69, 9.17) is 14.2 Å². The van der Waals surface area contributed by atoms with Crippen molar-refractivity contribution in [1.29, 1.82) is 0 Å². The predicted octanol–water partition coefficient (Wildman–Crippen LogP) is 6.12. The fourth-order valence-electron chi connectivity index (χ4n) is 4.48. The summed E-state index contributed by atoms with van der Waals surface area (Å²) in [4.78, 5) is 0. The Labute approximate surface area is 221 Å². The van der Waals surface area contributed by atoms with Gasteiger partial charge in [0.15, 0.2) is 5.41 Å². The van der Waals surface area contributed by atoms with Crippen molar-refractivity contribution in [2.24, 2.45) is 0 Å². The minimum absolute atomic E-state index is 0.0590. The van der Waals surface area contributed by atoms with Crippen LogP contribution in [0.2, 0.25) is 0 Å². The highest BCUT2D eigenvalue weighted by atomic mass is 28.1. The van der Waals surface area contributed by atoms with Crippen LogP contribution in [0.4, 0.5) is 0 Å². The van der Waals surface area contributed by atoms with E-state index in [0.29, 0.717) is 19.8 Å². The Balaban J connectivity index is 1.66. The first-order valence-electron chi connectivity index (χ1n) is 13.7. The standard InChI is InChI=1S/C32H44O3Si/c1-2-3-4-14-21-31(33-25-22-28-15-8-5-9-16-28)32(36,34-26-23-29-17-10-6-11-18-29)35-27-24-30-19-12-7-13-20-30/h5-13,15-20,31H,2-4,14,21-27H2,1,36H3. The first-order valence-corrected chi connectivity index (χ1v) is 14.7. The van der Waals surface area contributed by atoms with Crippen molar-refractivity contribution in [2.75, 3.05) is 19.8 Å². The van der Waals surface area contributed by atoms with E-state index in [1.807, 2.05) is 0 Å². The molecule has 4 heteroatoms. The Hall–Kier alpha value is -2.24. The zero-order chi connectivity index (χ0) is 25.3. The third-order valence-corrected chi connectivity index (χ3v) is 7.92. The summed E-state index contributed by atoms with van der Waals surface area (Å²) in [5.74, 6) is 0. The maximum absolute atomic E-state index is 6.61. The maximum atomic E-state index is 6.61. The molecular weight excluding hydrogens is 460 g/mol. The van der Waals surface area contributed by atoms with Gasteiger partial charge >= 0.3 is 0 Å². The smallest absolute Gasteiger partial charge is 0.166 e. The van der Waals surface area contributed by atoms with E-state index in [9.17, 15) is 0 Å². The molecule has 0 aromatic heterocycles. The molecule has 3 nitrogen and oxygen atoms in total. The molecule has 3 rings (SSSR count). The molecule has 0 saturated carbocycles. The molecule has 0 aliphatic heterocycles. The summed E-state index contributed by atoms with van der Waals surface area (Å²) < 4.78 is 19.8. The van der Waals surface area contributed by atoms with Crippen LogP contribution in [0.15, 0.2) is 91.0 Å². The molecule has 0 amide bonds. The molecule has 1 unspecified atom stereocenters. The normalized spacial score (nSPS) is 12.6. The van der Waals surface area contributed by atoms with Crippen LogP contribution in [-0.4, -0.2) is 41.6 Å². The van der Waals surface area contributed by atoms with Crippen LogP contribution >= 0.6 is 0 Å². The van der Waals surface area contributed by atoms with E-state index in [1.165, 1.54) is 36.0 Å². The Bertz CT molecular complexity index is 888. The Morgan fingerprint density at radius 1 is 0.611 bits per heavy atom. The highest BCUT2D eigenvalue weighted by molar-refractivity contribution is 6.13. The Morgan fingerprint density at radius 3 is 1.50 bits per heavy atom. The molecule has 3 aromatic rings. The van der Waals surface area contributed by atoms with Crippen molar-refractivity contribution in [2.45, 2.75) is 69.8 Å². The molecule has 194 valence electrons. The summed E-state index contributed by atoms with van der Waals surface area (Å²) in [5, 5.41) is 0. The number of hydrogen-bond donors (Lipinski definition) is 0. The average Bonchev–Trinajstić information content (AvgIpc) is 2.92. The summed E-state index contributed by atoms with van der Waals surface area (Å²) in [7, 11) is 0.742. The minimum Gasteiger partial charge on any atom is -0.373 e. The van der Waals surface area contributed by atoms with E-state index in [1.54, 1.807) is 0 Å². The van der Waals surface area contributed by atoms with Crippen LogP contribution in [-0.2, 0) is 33.5 Å². The lowest BCUT2D eigenvalue weighted by atomic mass is 10.1. The summed E-state index contributed by atoms with van der Waals surface area (Å²) in [6, 6.07) is 31.7. The minimum atomic E-state index is -0.660. The molecule has 0 fully saturated rings. The van der Waals surface area contributed by atoms with Gasteiger partial charge in [-0.3, -0.25) is 0 Å². The number of benzene rings is 3. The van der Waals surface area contributed by atoms with Gasteiger partial charge in [0.05, 0.1) is 30.1 Å². The van der Waals surface area contributed by atoms with Crippen LogP contribution < -0.4 is 0 Å². The van der Waals surface area contributed by atoms with Crippen LogP contribution in [0.3, 0.4) is 0 Å². The second-order valence-corrected chi connectivity index (χ2v) is 11.0. The van der Waals surface area contributed by atoms with E-state index in [0.717, 1.165) is 42.3 Å². The van der Waals surface area contributed by atoms with Gasteiger partial charge in [-0.15, -0.1) is 0 Å². The molecule has 0 aliphatic carbocycles. The average molecular weight is 505 g/mol. The molecule has 0 heterocycles. The van der Waals surface area contributed by atoms with Crippen molar-refractivity contribution in [1.82, 2.24) is 0 Å². The van der Waals surface area contributed by atoms with Crippen molar-refractivity contribution >= 4 is 10.2 Å². The van der Waals surface area contributed by atoms with Gasteiger partial charge < -0.3 is 14.2 Å². The van der Waals surface area contributed by atoms with E-state index >= 15 is 0 Å². The van der Waals surface area contributed by atoms with Crippen LogP contribution in [0, 0.1) is 0 Å². The highest BCUT2D eigenvalue weighted by Gasteiger charge is 2.36. The molecule has 1 atom stereocenters. The maximum Gasteiger partial charge on any atom is 0.166 e. The summed E-state index contributed by atoms with van der Waals surface area (Å²) in [6.07, 6.45) is 8.41. The third kappa shape index (κ3) is 10.4. The van der Waals surface area contributed by atoms with Crippen molar-refractivity contribution in [3.8, 4) is 0 Å². The van der Waals surface area contributed by atoms with Gasteiger partial charge in [0, 0.05) is 0 Å². The van der Waals surface area contributed by atoms with Crippen LogP contribution in [0.1, 0.15) is 55.7 Å². The third-order valence-electron chi connectivity index (χ3n) is 6.70. The largest absolute Gasteiger partial charge is 0.373 e. The lowest BCUT2D eigenvalue weighted by molar-refractivity contribution is -0.241. The van der Waals surface area contributed by atoms with E-state index < -0.39 is 5.41 Å². The monoisotopic (exact) mass is 504 g/mol. The van der Waals surface area contributed by atoms with Crippen LogP contribution in [0.25, 0.3) is 0 Å². The summed E-state index contributed by atoms with van der Waals surface area (Å²) in [6.45, 7) is 4.19. The number of rotatable bonds is 18. The molecule has 0 bridgehead atoms. The van der Waals surface area contributed by atoms with Gasteiger partial charge in [-0.05, 0) is 42.4 Å². The van der Waals surface area contributed by atoms with Crippen molar-refractivity contribution in [3.05, 3.63) is 108 Å². The number of unbranched alkanes of at least 4 members (excludes halogenated alkanes) is 3. The Kier molecular flexibility index (Phi) is 13.0. The van der Waals surface area contributed by atoms with Gasteiger partial charge in [-0.2, -0.15) is 0 Å². The van der Waals surface area contributed by atoms with Crippen molar-refractivity contribution in [3.63, 3.8) is 0 Å². The molecular formula is C32H44O3Si. The van der Waals surface area contributed by atoms with Gasteiger partial charge in [0.2, 0.25) is 0 Å². The zero-order valence-corrected chi connectivity index (χ0v) is 24.2. The molecule has 0 radical (unpaired) electrons. The first-order chi connectivity index (χ1) is 17.7. The topological polar surface area (TPSA) is 27.7 Å². The fraction of sp³-hybridized carbons (Fsp3) is 0.438. The number of hydrogen-bond acceptors (Lipinski definition) is 3. The van der Waals surface area contributed by atoms with E-state index in [2.05, 4.69) is 97.9 Å². The Morgan fingerprint density at radius 2 is 1.06 bits per heavy atom. The van der Waals surface area contributed by atoms with Crippen LogP contribution in [0.5, 0.6) is 0 Å². The SMILES string of the molecule is CCCCCCC(OCCc1ccccc1)C([SiH3])(OCCc1ccccc1)OCCc1ccccc1. The van der Waals surface area contributed by atoms with Gasteiger partial charge in [-0.25, -0.2) is 0 Å². The molecule has 36 heavy (non-hydrogen) atoms. The quantitative estimate of drug-likeness (QED) is 0.119. The van der Waals surface area contributed by atoms with Crippen molar-refractivity contribution < 1.29 is 14.2 Å². The fourth-order valence-corrected chi connectivity index (χ4v) is 5.34. The second-order valence-electron chi connectivity index (χ2n) is 9.63. The molecule has 0 aliphatic rings. The lowest BCUT2D eigenvalue weighted by Gasteiger charge is -2.38.